The van der Waals surface area contributed by atoms with Gasteiger partial charge in [-0.2, -0.15) is 0 Å². The van der Waals surface area contributed by atoms with E-state index in [-0.39, 0.29) is 5.91 Å². The van der Waals surface area contributed by atoms with Gasteiger partial charge in [0.05, 0.1) is 0 Å². The van der Waals surface area contributed by atoms with Crippen LogP contribution in [-0.2, 0) is 4.79 Å². The quantitative estimate of drug-likeness (QED) is 0.685. The number of amides is 1. The summed E-state index contributed by atoms with van der Waals surface area (Å²) >= 11 is 0. The second-order valence-electron chi connectivity index (χ2n) is 4.17. The zero-order valence-corrected chi connectivity index (χ0v) is 8.84. The van der Waals surface area contributed by atoms with E-state index < -0.39 is 0 Å². The molecule has 0 aromatic rings. The highest BCUT2D eigenvalue weighted by Crippen LogP contribution is 2.24. The monoisotopic (exact) mass is 184 g/mol. The van der Waals surface area contributed by atoms with Crippen molar-refractivity contribution in [1.82, 2.24) is 10.2 Å². The van der Waals surface area contributed by atoms with Gasteiger partial charge in [-0.15, -0.1) is 0 Å². The predicted molar refractivity (Wildman–Crippen MR) is 53.5 cm³/mol. The zero-order valence-electron chi connectivity index (χ0n) is 8.84. The highest BCUT2D eigenvalue weighted by Gasteiger charge is 2.25. The van der Waals surface area contributed by atoms with E-state index in [0.29, 0.717) is 18.3 Å². The number of piperidine rings is 1. The molecule has 2 atom stereocenters. The van der Waals surface area contributed by atoms with E-state index in [1.165, 1.54) is 0 Å². The molecule has 0 bridgehead atoms. The molecule has 0 radical (unpaired) electrons. The van der Waals surface area contributed by atoms with Gasteiger partial charge in [-0.05, 0) is 31.8 Å². The molecule has 0 spiro atoms. The van der Waals surface area contributed by atoms with Crippen LogP contribution in [0.1, 0.15) is 19.8 Å². The standard InChI is InChI=1S/C10H20N2O/c1-8-7-12(3)5-4-9(8)6-10(13)11-2/h8-9H,4-7H2,1-3H3,(H,11,13)/t8-,9+/m1/s1. The van der Waals surface area contributed by atoms with Crippen LogP contribution < -0.4 is 5.32 Å². The van der Waals surface area contributed by atoms with E-state index >= 15 is 0 Å². The molecule has 0 aliphatic carbocycles. The third-order valence-corrected chi connectivity index (χ3v) is 3.01. The first kappa shape index (κ1) is 10.5. The van der Waals surface area contributed by atoms with Crippen molar-refractivity contribution < 1.29 is 4.79 Å². The Morgan fingerprint density at radius 2 is 2.31 bits per heavy atom. The fourth-order valence-corrected chi connectivity index (χ4v) is 2.05. The number of likely N-dealkylation sites (tertiary alicyclic amines) is 1. The van der Waals surface area contributed by atoms with Crippen molar-refractivity contribution in [1.29, 1.82) is 0 Å². The molecular weight excluding hydrogens is 164 g/mol. The Morgan fingerprint density at radius 3 is 2.85 bits per heavy atom. The van der Waals surface area contributed by atoms with Crippen molar-refractivity contribution in [3.63, 3.8) is 0 Å². The van der Waals surface area contributed by atoms with E-state index in [1.807, 2.05) is 0 Å². The second kappa shape index (κ2) is 4.61. The van der Waals surface area contributed by atoms with Crippen LogP contribution in [0.5, 0.6) is 0 Å². The number of hydrogen-bond acceptors (Lipinski definition) is 2. The summed E-state index contributed by atoms with van der Waals surface area (Å²) in [5.41, 5.74) is 0. The first-order valence-corrected chi connectivity index (χ1v) is 5.02. The van der Waals surface area contributed by atoms with Gasteiger partial charge in [0.25, 0.3) is 0 Å². The van der Waals surface area contributed by atoms with Crippen molar-refractivity contribution in [2.24, 2.45) is 11.8 Å². The Hall–Kier alpha value is -0.570. The molecule has 1 fully saturated rings. The van der Waals surface area contributed by atoms with Crippen molar-refractivity contribution in [2.75, 3.05) is 27.2 Å². The lowest BCUT2D eigenvalue weighted by molar-refractivity contribution is -0.122. The number of carbonyl (C=O) groups is 1. The minimum absolute atomic E-state index is 0.182. The first-order chi connectivity index (χ1) is 6.13. The average Bonchev–Trinajstić information content (AvgIpc) is 2.09. The van der Waals surface area contributed by atoms with E-state index in [9.17, 15) is 4.79 Å². The summed E-state index contributed by atoms with van der Waals surface area (Å²) in [7, 11) is 3.86. The normalized spacial score (nSPS) is 30.1. The minimum atomic E-state index is 0.182. The lowest BCUT2D eigenvalue weighted by Crippen LogP contribution is -2.38. The van der Waals surface area contributed by atoms with Crippen LogP contribution in [0.15, 0.2) is 0 Å². The molecule has 1 heterocycles. The van der Waals surface area contributed by atoms with Gasteiger partial charge in [-0.1, -0.05) is 6.92 Å². The summed E-state index contributed by atoms with van der Waals surface area (Å²) in [6, 6.07) is 0. The van der Waals surface area contributed by atoms with Crippen molar-refractivity contribution in [3.05, 3.63) is 0 Å². The first-order valence-electron chi connectivity index (χ1n) is 5.02. The number of hydrogen-bond donors (Lipinski definition) is 1. The van der Waals surface area contributed by atoms with Gasteiger partial charge in [0, 0.05) is 20.0 Å². The van der Waals surface area contributed by atoms with Gasteiger partial charge in [-0.3, -0.25) is 4.79 Å². The molecule has 0 saturated carbocycles. The van der Waals surface area contributed by atoms with E-state index in [1.54, 1.807) is 7.05 Å². The predicted octanol–water partition coefficient (Wildman–Crippen LogP) is 0.710. The Balaban J connectivity index is 2.38. The van der Waals surface area contributed by atoms with Crippen molar-refractivity contribution in [3.8, 4) is 0 Å². The van der Waals surface area contributed by atoms with Crippen LogP contribution in [0.25, 0.3) is 0 Å². The van der Waals surface area contributed by atoms with Gasteiger partial charge in [0.2, 0.25) is 5.91 Å². The van der Waals surface area contributed by atoms with Crippen molar-refractivity contribution >= 4 is 5.91 Å². The maximum Gasteiger partial charge on any atom is 0.220 e. The van der Waals surface area contributed by atoms with Gasteiger partial charge < -0.3 is 10.2 Å². The maximum absolute atomic E-state index is 11.2. The van der Waals surface area contributed by atoms with E-state index in [2.05, 4.69) is 24.2 Å². The Kier molecular flexibility index (Phi) is 3.72. The Morgan fingerprint density at radius 1 is 1.62 bits per heavy atom. The fourth-order valence-electron chi connectivity index (χ4n) is 2.05. The second-order valence-corrected chi connectivity index (χ2v) is 4.17. The topological polar surface area (TPSA) is 32.3 Å². The molecule has 1 rings (SSSR count). The lowest BCUT2D eigenvalue weighted by Gasteiger charge is -2.34. The molecule has 0 aromatic heterocycles. The third-order valence-electron chi connectivity index (χ3n) is 3.01. The van der Waals surface area contributed by atoms with Gasteiger partial charge in [0.15, 0.2) is 0 Å². The van der Waals surface area contributed by atoms with Gasteiger partial charge in [-0.25, -0.2) is 0 Å². The number of carbonyl (C=O) groups excluding carboxylic acids is 1. The van der Waals surface area contributed by atoms with Crippen LogP contribution in [0.4, 0.5) is 0 Å². The molecule has 3 nitrogen and oxygen atoms in total. The van der Waals surface area contributed by atoms with Crippen LogP contribution >= 0.6 is 0 Å². The fraction of sp³-hybridized carbons (Fsp3) is 0.900. The molecule has 0 aromatic carbocycles. The van der Waals surface area contributed by atoms with E-state index in [0.717, 1.165) is 19.5 Å². The van der Waals surface area contributed by atoms with Crippen LogP contribution in [0.3, 0.4) is 0 Å². The summed E-state index contributed by atoms with van der Waals surface area (Å²) < 4.78 is 0. The Labute approximate surface area is 80.5 Å². The van der Waals surface area contributed by atoms with Crippen LogP contribution in [0.2, 0.25) is 0 Å². The van der Waals surface area contributed by atoms with E-state index in [4.69, 9.17) is 0 Å². The minimum Gasteiger partial charge on any atom is -0.359 e. The molecule has 0 unspecified atom stereocenters. The number of nitrogens with zero attached hydrogens (tertiary/aromatic N) is 1. The zero-order chi connectivity index (χ0) is 9.84. The molecule has 1 amide bonds. The highest BCUT2D eigenvalue weighted by atomic mass is 16.1. The molecule has 1 N–H and O–H groups in total. The molecule has 13 heavy (non-hydrogen) atoms. The largest absolute Gasteiger partial charge is 0.359 e. The maximum atomic E-state index is 11.2. The lowest BCUT2D eigenvalue weighted by atomic mass is 9.84. The molecular formula is C10H20N2O. The van der Waals surface area contributed by atoms with Crippen LogP contribution in [-0.4, -0.2) is 38.0 Å². The number of nitrogens with one attached hydrogen (secondary N) is 1. The molecule has 3 heteroatoms. The summed E-state index contributed by atoms with van der Waals surface area (Å²) in [4.78, 5) is 13.5. The van der Waals surface area contributed by atoms with Gasteiger partial charge in [0.1, 0.15) is 0 Å². The van der Waals surface area contributed by atoms with Crippen LogP contribution in [0, 0.1) is 11.8 Å². The molecule has 76 valence electrons. The number of rotatable bonds is 2. The molecule has 1 aliphatic heterocycles. The smallest absolute Gasteiger partial charge is 0.220 e. The summed E-state index contributed by atoms with van der Waals surface area (Å²) in [5, 5.41) is 2.69. The van der Waals surface area contributed by atoms with Crippen molar-refractivity contribution in [2.45, 2.75) is 19.8 Å². The SMILES string of the molecule is CNC(=O)C[C@@H]1CCN(C)C[C@H]1C. The average molecular weight is 184 g/mol. The summed E-state index contributed by atoms with van der Waals surface area (Å²) in [5.74, 6) is 1.41. The highest BCUT2D eigenvalue weighted by molar-refractivity contribution is 5.75. The molecule has 1 aliphatic rings. The Bertz CT molecular complexity index is 182. The molecule has 1 saturated heterocycles. The summed E-state index contributed by atoms with van der Waals surface area (Å²) in [6.45, 7) is 4.50. The third kappa shape index (κ3) is 2.99. The van der Waals surface area contributed by atoms with Gasteiger partial charge >= 0.3 is 0 Å². The summed E-state index contributed by atoms with van der Waals surface area (Å²) in [6.07, 6.45) is 1.86.